The molecule has 1 aromatic carbocycles. The lowest BCUT2D eigenvalue weighted by molar-refractivity contribution is -0.137. The van der Waals surface area contributed by atoms with E-state index in [1.165, 1.54) is 11.3 Å². The predicted octanol–water partition coefficient (Wildman–Crippen LogP) is 2.91. The Bertz CT molecular complexity index is 838. The number of carboxylic acids is 1. The van der Waals surface area contributed by atoms with Crippen molar-refractivity contribution in [2.75, 3.05) is 0 Å². The van der Waals surface area contributed by atoms with Crippen LogP contribution in [0.3, 0.4) is 0 Å². The van der Waals surface area contributed by atoms with Crippen molar-refractivity contribution in [1.82, 2.24) is 4.57 Å². The number of aliphatic carboxylic acids is 1. The molecule has 120 valence electrons. The number of thiazole rings is 1. The molecule has 0 radical (unpaired) electrons. The van der Waals surface area contributed by atoms with Gasteiger partial charge in [-0.15, -0.1) is 11.3 Å². The minimum Gasteiger partial charge on any atom is -0.480 e. The molecular weight excluding hydrogens is 336 g/mol. The minimum atomic E-state index is -0.937. The maximum Gasteiger partial charge on any atom is 0.323 e. The van der Waals surface area contributed by atoms with Gasteiger partial charge in [-0.2, -0.15) is 4.99 Å². The number of halogens is 1. The quantitative estimate of drug-likeness (QED) is 0.925. The van der Waals surface area contributed by atoms with Crippen LogP contribution in [0.4, 0.5) is 0 Å². The van der Waals surface area contributed by atoms with E-state index in [1.54, 1.807) is 28.8 Å². The van der Waals surface area contributed by atoms with Gasteiger partial charge in [-0.25, -0.2) is 0 Å². The highest BCUT2D eigenvalue weighted by Crippen LogP contribution is 2.23. The second-order valence-corrected chi connectivity index (χ2v) is 6.87. The summed E-state index contributed by atoms with van der Waals surface area (Å²) in [5.74, 6) is -1.35. The number of benzene rings is 1. The fourth-order valence-electron chi connectivity index (χ4n) is 2.69. The molecule has 1 aliphatic carbocycles. The van der Waals surface area contributed by atoms with Gasteiger partial charge in [0.15, 0.2) is 4.80 Å². The average molecular weight is 351 g/mol. The van der Waals surface area contributed by atoms with E-state index in [1.807, 2.05) is 0 Å². The van der Waals surface area contributed by atoms with Crippen molar-refractivity contribution in [3.63, 3.8) is 0 Å². The van der Waals surface area contributed by atoms with Gasteiger partial charge < -0.3 is 9.67 Å². The highest BCUT2D eigenvalue weighted by Gasteiger charge is 2.19. The number of rotatable bonds is 3. The number of aryl methyl sites for hydroxylation is 1. The van der Waals surface area contributed by atoms with E-state index in [0.717, 1.165) is 36.3 Å². The summed E-state index contributed by atoms with van der Waals surface area (Å²) >= 11 is 7.31. The van der Waals surface area contributed by atoms with E-state index >= 15 is 0 Å². The third kappa shape index (κ3) is 3.54. The fourth-order valence-corrected chi connectivity index (χ4v) is 4.09. The second kappa shape index (κ2) is 6.68. The Morgan fingerprint density at radius 2 is 2.09 bits per heavy atom. The van der Waals surface area contributed by atoms with Gasteiger partial charge in [0, 0.05) is 21.2 Å². The van der Waals surface area contributed by atoms with Crippen molar-refractivity contribution in [3.8, 4) is 0 Å². The molecule has 1 aromatic heterocycles. The highest BCUT2D eigenvalue weighted by atomic mass is 35.5. The first kappa shape index (κ1) is 16.0. The Labute approximate surface area is 141 Å². The van der Waals surface area contributed by atoms with Crippen molar-refractivity contribution >= 4 is 34.8 Å². The van der Waals surface area contributed by atoms with Crippen LogP contribution in [0.1, 0.15) is 33.8 Å². The lowest BCUT2D eigenvalue weighted by Crippen LogP contribution is -2.24. The molecule has 0 bridgehead atoms. The number of hydrogen-bond acceptors (Lipinski definition) is 3. The first-order chi connectivity index (χ1) is 11.0. The molecule has 0 fully saturated rings. The molecule has 0 saturated heterocycles. The molecular formula is C16H15ClN2O3S. The molecule has 0 saturated carbocycles. The largest absolute Gasteiger partial charge is 0.480 e. The number of hydrogen-bond donors (Lipinski definition) is 1. The van der Waals surface area contributed by atoms with Gasteiger partial charge in [-0.3, -0.25) is 9.59 Å². The van der Waals surface area contributed by atoms with E-state index in [-0.39, 0.29) is 6.54 Å². The maximum atomic E-state index is 12.3. The Hall–Kier alpha value is -1.92. The smallest absolute Gasteiger partial charge is 0.323 e. The van der Waals surface area contributed by atoms with Crippen LogP contribution in [0, 0.1) is 0 Å². The molecule has 0 spiro atoms. The molecule has 1 amide bonds. The maximum absolute atomic E-state index is 12.3. The lowest BCUT2D eigenvalue weighted by atomic mass is 10.0. The SMILES string of the molecule is O=C(O)Cn1c2c(s/c1=N\C(=O)c1cccc(Cl)c1)CCCC2. The van der Waals surface area contributed by atoms with Crippen LogP contribution in [-0.4, -0.2) is 21.6 Å². The number of fused-ring (bicyclic) bond motifs is 1. The van der Waals surface area contributed by atoms with Crippen LogP contribution in [0.15, 0.2) is 29.3 Å². The van der Waals surface area contributed by atoms with Crippen LogP contribution in [-0.2, 0) is 24.2 Å². The van der Waals surface area contributed by atoms with Gasteiger partial charge in [0.25, 0.3) is 5.91 Å². The van der Waals surface area contributed by atoms with Crippen LogP contribution in [0.5, 0.6) is 0 Å². The normalized spacial score (nSPS) is 14.6. The van der Waals surface area contributed by atoms with Gasteiger partial charge in [0.05, 0.1) is 0 Å². The topological polar surface area (TPSA) is 71.7 Å². The van der Waals surface area contributed by atoms with E-state index in [4.69, 9.17) is 16.7 Å². The summed E-state index contributed by atoms with van der Waals surface area (Å²) in [5, 5.41) is 9.61. The van der Waals surface area contributed by atoms with E-state index in [9.17, 15) is 9.59 Å². The molecule has 1 N–H and O–H groups in total. The summed E-state index contributed by atoms with van der Waals surface area (Å²) in [6.45, 7) is -0.173. The van der Waals surface area contributed by atoms with Gasteiger partial charge in [0.1, 0.15) is 6.54 Å². The molecule has 3 rings (SSSR count). The van der Waals surface area contributed by atoms with Crippen LogP contribution in [0.25, 0.3) is 0 Å². The van der Waals surface area contributed by atoms with Crippen molar-refractivity contribution in [1.29, 1.82) is 0 Å². The summed E-state index contributed by atoms with van der Waals surface area (Å²) in [4.78, 5) is 29.2. The number of carbonyl (C=O) groups excluding carboxylic acids is 1. The zero-order valence-corrected chi connectivity index (χ0v) is 13.9. The number of amides is 1. The zero-order valence-electron chi connectivity index (χ0n) is 12.3. The van der Waals surface area contributed by atoms with Crippen molar-refractivity contribution in [3.05, 3.63) is 50.2 Å². The third-order valence-corrected chi connectivity index (χ3v) is 5.14. The van der Waals surface area contributed by atoms with Crippen molar-refractivity contribution in [2.45, 2.75) is 32.2 Å². The Morgan fingerprint density at radius 1 is 1.30 bits per heavy atom. The Kier molecular flexibility index (Phi) is 4.63. The molecule has 23 heavy (non-hydrogen) atoms. The number of carbonyl (C=O) groups is 2. The first-order valence-electron chi connectivity index (χ1n) is 7.32. The first-order valence-corrected chi connectivity index (χ1v) is 8.52. The summed E-state index contributed by atoms with van der Waals surface area (Å²) in [6, 6.07) is 6.58. The molecule has 1 heterocycles. The highest BCUT2D eigenvalue weighted by molar-refractivity contribution is 7.09. The van der Waals surface area contributed by atoms with E-state index in [0.29, 0.717) is 15.4 Å². The Balaban J connectivity index is 2.05. The minimum absolute atomic E-state index is 0.173. The van der Waals surface area contributed by atoms with Crippen molar-refractivity contribution in [2.24, 2.45) is 4.99 Å². The molecule has 5 nitrogen and oxygen atoms in total. The summed E-state index contributed by atoms with van der Waals surface area (Å²) in [6.07, 6.45) is 3.87. The van der Waals surface area contributed by atoms with Gasteiger partial charge >= 0.3 is 5.97 Å². The predicted molar refractivity (Wildman–Crippen MR) is 87.9 cm³/mol. The third-order valence-electron chi connectivity index (χ3n) is 3.72. The molecule has 7 heteroatoms. The molecule has 2 aromatic rings. The molecule has 0 atom stereocenters. The summed E-state index contributed by atoms with van der Waals surface area (Å²) in [5.41, 5.74) is 1.40. The Morgan fingerprint density at radius 3 is 2.83 bits per heavy atom. The van der Waals surface area contributed by atoms with Crippen LogP contribution >= 0.6 is 22.9 Å². The number of nitrogens with zero attached hydrogens (tertiary/aromatic N) is 2. The summed E-state index contributed by atoms with van der Waals surface area (Å²) in [7, 11) is 0. The standard InChI is InChI=1S/C16H15ClN2O3S/c17-11-5-3-4-10(8-11)15(22)18-16-19(9-14(20)21)12-6-1-2-7-13(12)23-16/h3-5,8H,1-2,6-7,9H2,(H,20,21)/b18-16-. The van der Waals surface area contributed by atoms with Gasteiger partial charge in [0.2, 0.25) is 0 Å². The summed E-state index contributed by atoms with van der Waals surface area (Å²) < 4.78 is 1.66. The number of aromatic nitrogens is 1. The second-order valence-electron chi connectivity index (χ2n) is 5.37. The fraction of sp³-hybridized carbons (Fsp3) is 0.312. The van der Waals surface area contributed by atoms with Gasteiger partial charge in [-0.05, 0) is 43.9 Å². The monoisotopic (exact) mass is 350 g/mol. The molecule has 0 aliphatic heterocycles. The molecule has 1 aliphatic rings. The van der Waals surface area contributed by atoms with Gasteiger partial charge in [-0.1, -0.05) is 17.7 Å². The van der Waals surface area contributed by atoms with E-state index < -0.39 is 11.9 Å². The van der Waals surface area contributed by atoms with Crippen LogP contribution < -0.4 is 4.80 Å². The molecule has 0 unspecified atom stereocenters. The van der Waals surface area contributed by atoms with Crippen LogP contribution in [0.2, 0.25) is 5.02 Å². The number of carboxylic acid groups (broad SMARTS) is 1. The van der Waals surface area contributed by atoms with Crippen molar-refractivity contribution < 1.29 is 14.7 Å². The van der Waals surface area contributed by atoms with E-state index in [2.05, 4.69) is 4.99 Å². The zero-order chi connectivity index (χ0) is 16.4. The average Bonchev–Trinajstić information content (AvgIpc) is 2.84. The lowest BCUT2D eigenvalue weighted by Gasteiger charge is -2.12.